The number of nitrogens with zero attached hydrogens (tertiary/aromatic N) is 2. The summed E-state index contributed by atoms with van der Waals surface area (Å²) in [5.74, 6) is -0.384. The molecule has 0 saturated carbocycles. The summed E-state index contributed by atoms with van der Waals surface area (Å²) in [6.45, 7) is 1.90. The molecule has 7 heteroatoms. The number of hydrogen-bond acceptors (Lipinski definition) is 6. The number of carbonyl (C=O) groups is 1. The van der Waals surface area contributed by atoms with E-state index in [1.54, 1.807) is 30.3 Å². The Morgan fingerprint density at radius 1 is 1.08 bits per heavy atom. The van der Waals surface area contributed by atoms with Gasteiger partial charge < -0.3 is 16.5 Å². The number of anilines is 2. The van der Waals surface area contributed by atoms with Gasteiger partial charge in [0, 0.05) is 16.5 Å². The number of nitrogens with one attached hydrogen (secondary N) is 1. The van der Waals surface area contributed by atoms with E-state index in [4.69, 9.17) is 16.7 Å². The number of aromatic amines is 1. The molecule has 0 aliphatic heterocycles. The van der Waals surface area contributed by atoms with E-state index in [2.05, 4.69) is 4.98 Å². The fourth-order valence-electron chi connectivity index (χ4n) is 2.78. The van der Waals surface area contributed by atoms with Crippen LogP contribution in [0.2, 0.25) is 0 Å². The zero-order valence-electron chi connectivity index (χ0n) is 13.8. The van der Waals surface area contributed by atoms with E-state index in [1.165, 1.54) is 6.07 Å². The number of nitrogens with two attached hydrogens (primary N) is 2. The number of aromatic nitrogens is 1. The van der Waals surface area contributed by atoms with Crippen molar-refractivity contribution in [1.29, 1.82) is 10.5 Å². The van der Waals surface area contributed by atoms with Gasteiger partial charge in [-0.3, -0.25) is 9.59 Å². The first-order valence-corrected chi connectivity index (χ1v) is 7.58. The number of pyridine rings is 1. The number of aryl methyl sites for hydroxylation is 1. The van der Waals surface area contributed by atoms with Crippen LogP contribution in [0.1, 0.15) is 32.6 Å². The Balaban J connectivity index is 2.38. The number of H-pyrrole nitrogens is 1. The maximum absolute atomic E-state index is 12.9. The third-order valence-corrected chi connectivity index (χ3v) is 4.16. The Hall–Kier alpha value is -4.10. The molecule has 0 aliphatic carbocycles. The van der Waals surface area contributed by atoms with Crippen LogP contribution in [0.3, 0.4) is 0 Å². The third kappa shape index (κ3) is 2.45. The normalized spacial score (nSPS) is 10.3. The smallest absolute Gasteiger partial charge is 0.268 e. The third-order valence-electron chi connectivity index (χ3n) is 4.16. The second kappa shape index (κ2) is 6.08. The second-order valence-corrected chi connectivity index (χ2v) is 5.80. The fraction of sp³-hybridized carbons (Fsp3) is 0.0526. The van der Waals surface area contributed by atoms with Crippen LogP contribution in [0.4, 0.5) is 11.4 Å². The van der Waals surface area contributed by atoms with Gasteiger partial charge in [-0.2, -0.15) is 10.5 Å². The molecule has 2 aromatic carbocycles. The topological polar surface area (TPSA) is 150 Å². The number of carbonyl (C=O) groups excluding carboxylic acids is 1. The summed E-state index contributed by atoms with van der Waals surface area (Å²) in [5, 5.41) is 18.7. The molecule has 0 bridgehead atoms. The number of benzene rings is 2. The van der Waals surface area contributed by atoms with E-state index in [1.807, 2.05) is 13.0 Å². The lowest BCUT2D eigenvalue weighted by Crippen LogP contribution is -2.16. The Morgan fingerprint density at radius 2 is 1.73 bits per heavy atom. The van der Waals surface area contributed by atoms with Gasteiger partial charge in [0.2, 0.25) is 0 Å². The number of rotatable bonds is 2. The first-order chi connectivity index (χ1) is 12.4. The molecular weight excluding hydrogens is 330 g/mol. The van der Waals surface area contributed by atoms with E-state index in [0.717, 1.165) is 5.56 Å². The zero-order valence-corrected chi connectivity index (χ0v) is 13.8. The van der Waals surface area contributed by atoms with Crippen molar-refractivity contribution in [3.63, 3.8) is 0 Å². The van der Waals surface area contributed by atoms with Crippen molar-refractivity contribution in [2.24, 2.45) is 0 Å². The molecule has 0 unspecified atom stereocenters. The number of ketones is 1. The molecule has 26 heavy (non-hydrogen) atoms. The highest BCUT2D eigenvalue weighted by atomic mass is 16.1. The Labute approximate surface area is 148 Å². The van der Waals surface area contributed by atoms with Crippen LogP contribution in [0.15, 0.2) is 35.1 Å². The molecule has 3 rings (SSSR count). The van der Waals surface area contributed by atoms with Gasteiger partial charge in [-0.25, -0.2) is 0 Å². The summed E-state index contributed by atoms with van der Waals surface area (Å²) in [7, 11) is 0. The van der Waals surface area contributed by atoms with Crippen LogP contribution in [0.5, 0.6) is 0 Å². The minimum absolute atomic E-state index is 0.00910. The minimum atomic E-state index is -0.717. The highest BCUT2D eigenvalue weighted by Crippen LogP contribution is 2.33. The molecule has 0 radical (unpaired) electrons. The molecule has 0 amide bonds. The quantitative estimate of drug-likeness (QED) is 0.478. The summed E-state index contributed by atoms with van der Waals surface area (Å²) in [5.41, 5.74) is 12.5. The molecule has 126 valence electrons. The standard InChI is InChI=1S/C19H13N5O2/c1-9-2-4-10(5-3-9)18(25)12-6-11(7-20)17-14(15(12)22)16(23)13(8-21)19(26)24-17/h2-6H,22H2,1H3,(H3,23,24,26). The summed E-state index contributed by atoms with van der Waals surface area (Å²) in [4.78, 5) is 27.3. The maximum Gasteiger partial charge on any atom is 0.268 e. The molecule has 5 N–H and O–H groups in total. The average molecular weight is 343 g/mol. The van der Waals surface area contributed by atoms with E-state index >= 15 is 0 Å². The van der Waals surface area contributed by atoms with Gasteiger partial charge >= 0.3 is 0 Å². The van der Waals surface area contributed by atoms with Crippen molar-refractivity contribution in [1.82, 2.24) is 4.98 Å². The molecule has 1 aromatic heterocycles. The lowest BCUT2D eigenvalue weighted by molar-refractivity contribution is 0.103. The van der Waals surface area contributed by atoms with Gasteiger partial charge in [0.1, 0.15) is 17.7 Å². The molecule has 0 saturated heterocycles. The van der Waals surface area contributed by atoms with Crippen LogP contribution in [0.25, 0.3) is 10.9 Å². The molecule has 0 atom stereocenters. The summed E-state index contributed by atoms with van der Waals surface area (Å²) in [6, 6.07) is 11.9. The highest BCUT2D eigenvalue weighted by Gasteiger charge is 2.21. The van der Waals surface area contributed by atoms with Gasteiger partial charge in [0.25, 0.3) is 5.56 Å². The van der Waals surface area contributed by atoms with Crippen molar-refractivity contribution < 1.29 is 4.79 Å². The van der Waals surface area contributed by atoms with Gasteiger partial charge in [-0.1, -0.05) is 29.8 Å². The number of nitrogen functional groups attached to an aromatic ring is 2. The van der Waals surface area contributed by atoms with Crippen molar-refractivity contribution in [3.05, 3.63) is 68.5 Å². The van der Waals surface area contributed by atoms with Crippen LogP contribution in [-0.2, 0) is 0 Å². The second-order valence-electron chi connectivity index (χ2n) is 5.80. The van der Waals surface area contributed by atoms with Crippen molar-refractivity contribution >= 4 is 28.1 Å². The summed E-state index contributed by atoms with van der Waals surface area (Å²) >= 11 is 0. The van der Waals surface area contributed by atoms with Crippen LogP contribution < -0.4 is 17.0 Å². The van der Waals surface area contributed by atoms with Gasteiger partial charge in [-0.05, 0) is 13.0 Å². The Bertz CT molecular complexity index is 1210. The van der Waals surface area contributed by atoms with Crippen LogP contribution >= 0.6 is 0 Å². The molecular formula is C19H13N5O2. The predicted octanol–water partition coefficient (Wildman–Crippen LogP) is 1.98. The number of fused-ring (bicyclic) bond motifs is 1. The Kier molecular flexibility index (Phi) is 3.92. The SMILES string of the molecule is Cc1ccc(C(=O)c2cc(C#N)c3[nH]c(=O)c(C#N)c(N)c3c2N)cc1. The largest absolute Gasteiger partial charge is 0.398 e. The molecule has 0 spiro atoms. The van der Waals surface area contributed by atoms with Crippen LogP contribution in [-0.4, -0.2) is 10.8 Å². The fourth-order valence-corrected chi connectivity index (χ4v) is 2.78. The van der Waals surface area contributed by atoms with E-state index in [-0.39, 0.29) is 44.8 Å². The lowest BCUT2D eigenvalue weighted by atomic mass is 9.94. The molecule has 0 fully saturated rings. The monoisotopic (exact) mass is 343 g/mol. The first kappa shape index (κ1) is 16.7. The lowest BCUT2D eigenvalue weighted by Gasteiger charge is -2.13. The molecule has 1 heterocycles. The predicted molar refractivity (Wildman–Crippen MR) is 97.4 cm³/mol. The summed E-state index contributed by atoms with van der Waals surface area (Å²) in [6.07, 6.45) is 0. The highest BCUT2D eigenvalue weighted by molar-refractivity contribution is 6.18. The average Bonchev–Trinajstić information content (AvgIpc) is 2.62. The molecule has 7 nitrogen and oxygen atoms in total. The van der Waals surface area contributed by atoms with Crippen molar-refractivity contribution in [3.8, 4) is 12.1 Å². The first-order valence-electron chi connectivity index (χ1n) is 7.58. The van der Waals surface area contributed by atoms with Crippen LogP contribution in [0, 0.1) is 29.6 Å². The minimum Gasteiger partial charge on any atom is -0.398 e. The van der Waals surface area contributed by atoms with E-state index in [0.29, 0.717) is 5.56 Å². The van der Waals surface area contributed by atoms with Gasteiger partial charge in [0.05, 0.1) is 22.5 Å². The molecule has 0 aliphatic rings. The van der Waals surface area contributed by atoms with Gasteiger partial charge in [0.15, 0.2) is 5.78 Å². The van der Waals surface area contributed by atoms with Crippen molar-refractivity contribution in [2.45, 2.75) is 6.92 Å². The van der Waals surface area contributed by atoms with E-state index < -0.39 is 5.56 Å². The summed E-state index contributed by atoms with van der Waals surface area (Å²) < 4.78 is 0. The molecule has 3 aromatic rings. The van der Waals surface area contributed by atoms with E-state index in [9.17, 15) is 14.9 Å². The maximum atomic E-state index is 12.9. The number of nitriles is 2. The van der Waals surface area contributed by atoms with Gasteiger partial charge in [-0.15, -0.1) is 0 Å². The van der Waals surface area contributed by atoms with Crippen molar-refractivity contribution in [2.75, 3.05) is 11.5 Å². The zero-order chi connectivity index (χ0) is 19.0. The number of hydrogen-bond donors (Lipinski definition) is 3. The Morgan fingerprint density at radius 3 is 2.31 bits per heavy atom.